The van der Waals surface area contributed by atoms with E-state index in [2.05, 4.69) is 9.98 Å². The summed E-state index contributed by atoms with van der Waals surface area (Å²) in [6.07, 6.45) is 3.26. The number of aliphatic imine (C=N–C) groups is 1. The first-order valence-electron chi connectivity index (χ1n) is 8.63. The zero-order chi connectivity index (χ0) is 20.2. The molecule has 4 aromatic rings. The third kappa shape index (κ3) is 3.90. The molecule has 0 unspecified atom stereocenters. The second-order valence-corrected chi connectivity index (χ2v) is 6.88. The van der Waals surface area contributed by atoms with Crippen LogP contribution in [0.4, 0.5) is 5.13 Å². The van der Waals surface area contributed by atoms with Gasteiger partial charge in [0.05, 0.1) is 11.1 Å². The molecule has 142 valence electrons. The first-order chi connectivity index (χ1) is 14.1. The molecule has 0 saturated heterocycles. The molecule has 1 heterocycles. The lowest BCUT2D eigenvalue weighted by Gasteiger charge is -2.11. The van der Waals surface area contributed by atoms with E-state index in [0.29, 0.717) is 10.7 Å². The van der Waals surface area contributed by atoms with Gasteiger partial charge in [-0.3, -0.25) is 0 Å². The number of hydrogen-bond donors (Lipinski definition) is 1. The van der Waals surface area contributed by atoms with Crippen LogP contribution in [0.5, 0.6) is 5.75 Å². The van der Waals surface area contributed by atoms with Crippen LogP contribution in [0.2, 0.25) is 0 Å². The molecule has 7 heteroatoms. The van der Waals surface area contributed by atoms with Crippen LogP contribution in [0, 0.1) is 0 Å². The second-order valence-electron chi connectivity index (χ2n) is 6.01. The molecule has 0 aliphatic rings. The highest BCUT2D eigenvalue weighted by Gasteiger charge is 2.19. The molecule has 3 aromatic carbocycles. The van der Waals surface area contributed by atoms with Gasteiger partial charge in [-0.15, -0.1) is 11.3 Å². The summed E-state index contributed by atoms with van der Waals surface area (Å²) in [4.78, 5) is 32.6. The number of esters is 1. The summed E-state index contributed by atoms with van der Waals surface area (Å²) in [7, 11) is 0. The van der Waals surface area contributed by atoms with Gasteiger partial charge < -0.3 is 9.84 Å². The Bertz CT molecular complexity index is 1230. The van der Waals surface area contributed by atoms with Gasteiger partial charge in [-0.05, 0) is 29.0 Å². The fourth-order valence-electron chi connectivity index (χ4n) is 2.90. The van der Waals surface area contributed by atoms with Crippen molar-refractivity contribution in [2.24, 2.45) is 4.99 Å². The lowest BCUT2D eigenvalue weighted by Crippen LogP contribution is -2.14. The van der Waals surface area contributed by atoms with Crippen LogP contribution in [0.15, 0.2) is 77.2 Å². The van der Waals surface area contributed by atoms with Gasteiger partial charge in [0, 0.05) is 23.4 Å². The van der Waals surface area contributed by atoms with E-state index in [4.69, 9.17) is 4.74 Å². The van der Waals surface area contributed by atoms with Crippen molar-refractivity contribution in [3.8, 4) is 5.75 Å². The Kier molecular flexibility index (Phi) is 5.13. The molecule has 0 fully saturated rings. The maximum atomic E-state index is 12.7. The van der Waals surface area contributed by atoms with Crippen molar-refractivity contribution in [3.63, 3.8) is 0 Å². The first-order valence-corrected chi connectivity index (χ1v) is 9.51. The smallest absolute Gasteiger partial charge is 0.344 e. The van der Waals surface area contributed by atoms with Gasteiger partial charge in [0.15, 0.2) is 0 Å². The minimum absolute atomic E-state index is 0.0176. The van der Waals surface area contributed by atoms with E-state index < -0.39 is 11.9 Å². The number of rotatable bonds is 5. The number of aromatic nitrogens is 1. The van der Waals surface area contributed by atoms with E-state index in [1.54, 1.807) is 30.6 Å². The third-order valence-corrected chi connectivity index (χ3v) is 4.91. The van der Waals surface area contributed by atoms with Crippen molar-refractivity contribution in [1.29, 1.82) is 0 Å². The Morgan fingerprint density at radius 2 is 1.76 bits per heavy atom. The number of carbonyl (C=O) groups is 2. The van der Waals surface area contributed by atoms with Crippen LogP contribution in [0.3, 0.4) is 0 Å². The lowest BCUT2D eigenvalue weighted by atomic mass is 10.0. The topological polar surface area (TPSA) is 88.8 Å². The highest BCUT2D eigenvalue weighted by Crippen LogP contribution is 2.28. The van der Waals surface area contributed by atoms with E-state index >= 15 is 0 Å². The normalized spacial score (nSPS) is 11.0. The van der Waals surface area contributed by atoms with Crippen LogP contribution in [-0.4, -0.2) is 28.2 Å². The molecule has 1 aromatic heterocycles. The van der Waals surface area contributed by atoms with E-state index in [1.165, 1.54) is 23.5 Å². The Morgan fingerprint density at radius 3 is 2.52 bits per heavy atom. The number of hydrogen-bond acceptors (Lipinski definition) is 6. The number of fused-ring (bicyclic) bond motifs is 1. The SMILES string of the molecule is O=C(O)c1ccccc1C(=O)Oc1ccc2ccccc2c1C=Nc1nccs1. The maximum absolute atomic E-state index is 12.7. The van der Waals surface area contributed by atoms with Gasteiger partial charge in [-0.1, -0.05) is 42.5 Å². The molecule has 0 radical (unpaired) electrons. The van der Waals surface area contributed by atoms with Crippen molar-refractivity contribution >= 4 is 45.4 Å². The van der Waals surface area contributed by atoms with Crippen molar-refractivity contribution in [3.05, 3.63) is 88.9 Å². The second kappa shape index (κ2) is 8.04. The van der Waals surface area contributed by atoms with Crippen molar-refractivity contribution in [2.45, 2.75) is 0 Å². The van der Waals surface area contributed by atoms with Crippen LogP contribution >= 0.6 is 11.3 Å². The standard InChI is InChI=1S/C22H14N2O4S/c25-20(26)16-7-3-4-8-17(16)21(27)28-19-10-9-14-5-1-2-6-15(14)18(19)13-24-22-23-11-12-29-22/h1-13H,(H,25,26). The highest BCUT2D eigenvalue weighted by atomic mass is 32.1. The number of carboxylic acid groups (broad SMARTS) is 1. The van der Waals surface area contributed by atoms with Gasteiger partial charge in [-0.25, -0.2) is 19.6 Å². The van der Waals surface area contributed by atoms with Crippen LogP contribution < -0.4 is 4.74 Å². The molecule has 6 nitrogen and oxygen atoms in total. The minimum Gasteiger partial charge on any atom is -0.478 e. The van der Waals surface area contributed by atoms with E-state index in [9.17, 15) is 14.7 Å². The van der Waals surface area contributed by atoms with Crippen molar-refractivity contribution in [1.82, 2.24) is 4.98 Å². The van der Waals surface area contributed by atoms with Gasteiger partial charge in [0.2, 0.25) is 5.13 Å². The van der Waals surface area contributed by atoms with Crippen LogP contribution in [0.25, 0.3) is 10.8 Å². The average Bonchev–Trinajstić information content (AvgIpc) is 3.26. The van der Waals surface area contributed by atoms with Crippen LogP contribution in [-0.2, 0) is 0 Å². The molecular weight excluding hydrogens is 388 g/mol. The summed E-state index contributed by atoms with van der Waals surface area (Å²) in [5, 5.41) is 13.5. The third-order valence-electron chi connectivity index (χ3n) is 4.23. The van der Waals surface area contributed by atoms with Gasteiger partial charge in [-0.2, -0.15) is 0 Å². The Morgan fingerprint density at radius 1 is 1.00 bits per heavy atom. The molecule has 0 aliphatic heterocycles. The molecule has 0 bridgehead atoms. The zero-order valence-electron chi connectivity index (χ0n) is 15.0. The number of ether oxygens (including phenoxy) is 1. The molecule has 0 aliphatic carbocycles. The van der Waals surface area contributed by atoms with Gasteiger partial charge in [0.1, 0.15) is 5.75 Å². The number of thiazole rings is 1. The molecule has 0 amide bonds. The van der Waals surface area contributed by atoms with Crippen LogP contribution in [0.1, 0.15) is 26.3 Å². The minimum atomic E-state index is -1.19. The predicted octanol–water partition coefficient (Wildman–Crippen LogP) is 4.96. The number of benzene rings is 3. The quantitative estimate of drug-likeness (QED) is 0.289. The maximum Gasteiger partial charge on any atom is 0.344 e. The fourth-order valence-corrected chi connectivity index (χ4v) is 3.38. The van der Waals surface area contributed by atoms with Crippen molar-refractivity contribution < 1.29 is 19.4 Å². The molecule has 0 atom stereocenters. The molecule has 0 saturated carbocycles. The summed E-state index contributed by atoms with van der Waals surface area (Å²) < 4.78 is 5.59. The van der Waals surface area contributed by atoms with E-state index in [-0.39, 0.29) is 16.9 Å². The van der Waals surface area contributed by atoms with Crippen molar-refractivity contribution in [2.75, 3.05) is 0 Å². The first kappa shape index (κ1) is 18.5. The van der Waals surface area contributed by atoms with Gasteiger partial charge in [0.25, 0.3) is 0 Å². The summed E-state index contributed by atoms with van der Waals surface area (Å²) >= 11 is 1.39. The molecule has 0 spiro atoms. The number of aromatic carboxylic acids is 1. The number of carbonyl (C=O) groups excluding carboxylic acids is 1. The molecule has 29 heavy (non-hydrogen) atoms. The zero-order valence-corrected chi connectivity index (χ0v) is 15.8. The van der Waals surface area contributed by atoms with E-state index in [0.717, 1.165) is 10.8 Å². The molecule has 4 rings (SSSR count). The Labute approximate surface area is 169 Å². The largest absolute Gasteiger partial charge is 0.478 e. The summed E-state index contributed by atoms with van der Waals surface area (Å²) in [5.41, 5.74) is 0.478. The number of carboxylic acids is 1. The summed E-state index contributed by atoms with van der Waals surface area (Å²) in [5.74, 6) is -1.65. The Hall–Kier alpha value is -3.84. The predicted molar refractivity (Wildman–Crippen MR) is 112 cm³/mol. The summed E-state index contributed by atoms with van der Waals surface area (Å²) in [6.45, 7) is 0. The molecule has 1 N–H and O–H groups in total. The monoisotopic (exact) mass is 402 g/mol. The average molecular weight is 402 g/mol. The highest BCUT2D eigenvalue weighted by molar-refractivity contribution is 7.13. The molecular formula is C22H14N2O4S. The summed E-state index contributed by atoms with van der Waals surface area (Å²) in [6, 6.07) is 17.1. The fraction of sp³-hybridized carbons (Fsp3) is 0. The van der Waals surface area contributed by atoms with E-state index in [1.807, 2.05) is 35.7 Å². The van der Waals surface area contributed by atoms with Gasteiger partial charge >= 0.3 is 11.9 Å². The Balaban J connectivity index is 1.77. The lowest BCUT2D eigenvalue weighted by molar-refractivity contribution is 0.0668. The number of nitrogens with zero attached hydrogens (tertiary/aromatic N) is 2.